The minimum atomic E-state index is -4.47. The minimum Gasteiger partial charge on any atom is -0.463 e. The van der Waals surface area contributed by atoms with Gasteiger partial charge >= 0.3 is 18.1 Å². The van der Waals surface area contributed by atoms with Crippen molar-refractivity contribution in [1.82, 2.24) is 10.3 Å². The fourth-order valence-electron chi connectivity index (χ4n) is 4.59. The third-order valence-electron chi connectivity index (χ3n) is 6.24. The van der Waals surface area contributed by atoms with E-state index in [0.717, 1.165) is 12.1 Å². The molecule has 1 aliphatic rings. The molecule has 1 aromatic heterocycles. The number of nitrogens with zero attached hydrogens (tertiary/aromatic N) is 1. The quantitative estimate of drug-likeness (QED) is 0.321. The number of thiazole rings is 1. The maximum absolute atomic E-state index is 13.3. The Kier molecular flexibility index (Phi) is 8.25. The van der Waals surface area contributed by atoms with Crippen LogP contribution in [0, 0.1) is 0 Å². The van der Waals surface area contributed by atoms with Gasteiger partial charge in [0.05, 0.1) is 41.5 Å². The lowest BCUT2D eigenvalue weighted by Crippen LogP contribution is -2.32. The van der Waals surface area contributed by atoms with E-state index in [-0.39, 0.29) is 24.4 Å². The van der Waals surface area contributed by atoms with Crippen LogP contribution in [0.25, 0.3) is 21.8 Å². The van der Waals surface area contributed by atoms with Crippen LogP contribution >= 0.6 is 11.3 Å². The first kappa shape index (κ1) is 28.1. The highest BCUT2D eigenvalue weighted by Gasteiger charge is 2.39. The van der Waals surface area contributed by atoms with Crippen molar-refractivity contribution in [2.24, 2.45) is 0 Å². The third kappa shape index (κ3) is 5.75. The van der Waals surface area contributed by atoms with Gasteiger partial charge in [0.25, 0.3) is 0 Å². The summed E-state index contributed by atoms with van der Waals surface area (Å²) in [6, 6.07) is 12.2. The minimum absolute atomic E-state index is 0.147. The van der Waals surface area contributed by atoms with E-state index in [1.807, 2.05) is 6.07 Å². The second-order valence-electron chi connectivity index (χ2n) is 8.78. The van der Waals surface area contributed by atoms with Crippen LogP contribution < -0.4 is 5.32 Å². The molecule has 0 fully saturated rings. The van der Waals surface area contributed by atoms with E-state index in [1.54, 1.807) is 57.3 Å². The van der Waals surface area contributed by atoms with E-state index >= 15 is 0 Å². The summed E-state index contributed by atoms with van der Waals surface area (Å²) in [5.74, 6) is -1.96. The van der Waals surface area contributed by atoms with Crippen LogP contribution in [0.1, 0.15) is 44.7 Å². The average molecular weight is 557 g/mol. The monoisotopic (exact) mass is 556 g/mol. The standard InChI is InChI=1S/C29H27F3N2O4S/c1-5-37-27(35)23-16(3)33-17(4)24(28(36)38-6-2)25(23)20-12-7-8-13-21(20)26-34-22(15-39-26)18-10-9-11-19(14-18)29(30,31)32/h7-15,25,33H,5-6H2,1-4H3. The maximum Gasteiger partial charge on any atom is 0.416 e. The molecule has 0 radical (unpaired) electrons. The topological polar surface area (TPSA) is 77.5 Å². The third-order valence-corrected chi connectivity index (χ3v) is 7.12. The average Bonchev–Trinajstić information content (AvgIpc) is 3.38. The van der Waals surface area contributed by atoms with Crippen LogP contribution in [0.2, 0.25) is 0 Å². The van der Waals surface area contributed by atoms with Crippen LogP contribution in [0.3, 0.4) is 0 Å². The first-order valence-electron chi connectivity index (χ1n) is 12.3. The second-order valence-corrected chi connectivity index (χ2v) is 9.64. The Hall–Kier alpha value is -3.92. The molecule has 0 atom stereocenters. The lowest BCUT2D eigenvalue weighted by molar-refractivity contribution is -0.140. The molecule has 204 valence electrons. The highest BCUT2D eigenvalue weighted by molar-refractivity contribution is 7.13. The molecule has 2 heterocycles. The Morgan fingerprint density at radius 1 is 0.949 bits per heavy atom. The van der Waals surface area contributed by atoms with Gasteiger partial charge in [-0.3, -0.25) is 0 Å². The molecular weight excluding hydrogens is 529 g/mol. The first-order valence-corrected chi connectivity index (χ1v) is 13.2. The fourth-order valence-corrected chi connectivity index (χ4v) is 5.47. The predicted octanol–water partition coefficient (Wildman–Crippen LogP) is 6.86. The smallest absolute Gasteiger partial charge is 0.416 e. The molecule has 0 saturated carbocycles. The van der Waals surface area contributed by atoms with Crippen LogP contribution in [-0.4, -0.2) is 30.1 Å². The molecule has 1 aliphatic heterocycles. The SMILES string of the molecule is CCOC(=O)C1=C(C)NC(C)=C(C(=O)OCC)C1c1ccccc1-c1nc(-c2cccc(C(F)(F)F)c2)cs1. The summed E-state index contributed by atoms with van der Waals surface area (Å²) in [5.41, 5.74) is 2.84. The number of allylic oxidation sites excluding steroid dienone is 2. The molecule has 0 aliphatic carbocycles. The molecule has 2 aromatic carbocycles. The Labute approximate surface area is 228 Å². The summed E-state index contributed by atoms with van der Waals surface area (Å²) in [5, 5.41) is 5.32. The first-order chi connectivity index (χ1) is 18.6. The molecule has 10 heteroatoms. The van der Waals surface area contributed by atoms with Gasteiger partial charge in [-0.2, -0.15) is 13.2 Å². The van der Waals surface area contributed by atoms with Gasteiger partial charge in [-0.05, 0) is 45.4 Å². The number of nitrogens with one attached hydrogen (secondary N) is 1. The Morgan fingerprint density at radius 2 is 1.56 bits per heavy atom. The Morgan fingerprint density at radius 3 is 2.15 bits per heavy atom. The van der Waals surface area contributed by atoms with Gasteiger partial charge in [-0.1, -0.05) is 36.4 Å². The van der Waals surface area contributed by atoms with E-state index in [2.05, 4.69) is 10.3 Å². The van der Waals surface area contributed by atoms with E-state index in [9.17, 15) is 22.8 Å². The highest BCUT2D eigenvalue weighted by atomic mass is 32.1. The molecule has 3 aromatic rings. The molecule has 4 rings (SSSR count). The molecule has 39 heavy (non-hydrogen) atoms. The number of alkyl halides is 3. The van der Waals surface area contributed by atoms with Gasteiger partial charge in [-0.25, -0.2) is 14.6 Å². The zero-order valence-corrected chi connectivity index (χ0v) is 22.6. The second kappa shape index (κ2) is 11.4. The van der Waals surface area contributed by atoms with Gasteiger partial charge in [0.15, 0.2) is 0 Å². The van der Waals surface area contributed by atoms with Crippen LogP contribution in [0.5, 0.6) is 0 Å². The van der Waals surface area contributed by atoms with E-state index in [0.29, 0.717) is 38.8 Å². The molecule has 6 nitrogen and oxygen atoms in total. The normalized spacial score (nSPS) is 14.3. The summed E-state index contributed by atoms with van der Waals surface area (Å²) in [6.07, 6.45) is -4.47. The Bertz CT molecular complexity index is 1430. The van der Waals surface area contributed by atoms with Crippen molar-refractivity contribution in [1.29, 1.82) is 0 Å². The molecule has 0 bridgehead atoms. The number of aromatic nitrogens is 1. The van der Waals surface area contributed by atoms with E-state index in [4.69, 9.17) is 9.47 Å². The molecule has 0 unspecified atom stereocenters. The number of dihydropyridines is 1. The number of esters is 2. The number of ether oxygens (including phenoxy) is 2. The zero-order valence-electron chi connectivity index (χ0n) is 21.8. The summed E-state index contributed by atoms with van der Waals surface area (Å²) < 4.78 is 50.6. The van der Waals surface area contributed by atoms with Crippen molar-refractivity contribution in [2.75, 3.05) is 13.2 Å². The lowest BCUT2D eigenvalue weighted by Gasteiger charge is -2.31. The van der Waals surface area contributed by atoms with Gasteiger partial charge < -0.3 is 14.8 Å². The van der Waals surface area contributed by atoms with Crippen molar-refractivity contribution < 1.29 is 32.2 Å². The highest BCUT2D eigenvalue weighted by Crippen LogP contribution is 2.44. The van der Waals surface area contributed by atoms with Gasteiger partial charge in [0, 0.05) is 27.9 Å². The van der Waals surface area contributed by atoms with Crippen molar-refractivity contribution in [3.05, 3.63) is 87.6 Å². The van der Waals surface area contributed by atoms with Crippen LogP contribution in [-0.2, 0) is 25.2 Å². The number of rotatable bonds is 7. The van der Waals surface area contributed by atoms with Crippen molar-refractivity contribution in [2.45, 2.75) is 39.8 Å². The maximum atomic E-state index is 13.3. The number of carbonyl (C=O) groups excluding carboxylic acids is 2. The summed E-state index contributed by atoms with van der Waals surface area (Å²) >= 11 is 1.26. The molecular formula is C29H27F3N2O4S. The molecule has 0 saturated heterocycles. The Balaban J connectivity index is 1.86. The summed E-state index contributed by atoms with van der Waals surface area (Å²) in [7, 11) is 0. The lowest BCUT2D eigenvalue weighted by atomic mass is 9.78. The number of hydrogen-bond acceptors (Lipinski definition) is 7. The van der Waals surface area contributed by atoms with Gasteiger partial charge in [0.1, 0.15) is 5.01 Å². The summed E-state index contributed by atoms with van der Waals surface area (Å²) in [4.78, 5) is 31.0. The van der Waals surface area contributed by atoms with Crippen LogP contribution in [0.4, 0.5) is 13.2 Å². The number of carbonyl (C=O) groups is 2. The van der Waals surface area contributed by atoms with Crippen LogP contribution in [0.15, 0.2) is 76.5 Å². The fraction of sp³-hybridized carbons (Fsp3) is 0.276. The van der Waals surface area contributed by atoms with Crippen molar-refractivity contribution >= 4 is 23.3 Å². The zero-order chi connectivity index (χ0) is 28.3. The number of halogens is 3. The molecule has 0 spiro atoms. The van der Waals surface area contributed by atoms with Gasteiger partial charge in [0.2, 0.25) is 0 Å². The van der Waals surface area contributed by atoms with E-state index in [1.165, 1.54) is 17.4 Å². The summed E-state index contributed by atoms with van der Waals surface area (Å²) in [6.45, 7) is 7.17. The predicted molar refractivity (Wildman–Crippen MR) is 143 cm³/mol. The largest absolute Gasteiger partial charge is 0.463 e. The number of hydrogen-bond donors (Lipinski definition) is 1. The van der Waals surface area contributed by atoms with Crippen molar-refractivity contribution in [3.8, 4) is 21.8 Å². The van der Waals surface area contributed by atoms with Crippen molar-refractivity contribution in [3.63, 3.8) is 0 Å². The van der Waals surface area contributed by atoms with Gasteiger partial charge in [-0.15, -0.1) is 11.3 Å². The molecule has 0 amide bonds. The number of benzene rings is 2. The van der Waals surface area contributed by atoms with E-state index < -0.39 is 29.6 Å². The molecule has 1 N–H and O–H groups in total.